The third kappa shape index (κ3) is 1.88. The van der Waals surface area contributed by atoms with Gasteiger partial charge in [-0.05, 0) is 36.4 Å². The van der Waals surface area contributed by atoms with Gasteiger partial charge in [0.15, 0.2) is 0 Å². The fraction of sp³-hybridized carbons (Fsp3) is 0.214. The molecule has 3 rings (SSSR count). The maximum atomic E-state index is 6.02. The Balaban J connectivity index is 1.98. The zero-order valence-corrected chi connectivity index (χ0v) is 11.1. The molecule has 2 heterocycles. The summed E-state index contributed by atoms with van der Waals surface area (Å²) in [6.07, 6.45) is 1.00. The lowest BCUT2D eigenvalue weighted by atomic mass is 10.2. The van der Waals surface area contributed by atoms with Gasteiger partial charge in [-0.25, -0.2) is 4.98 Å². The Bertz CT molecular complexity index is 668. The number of aromatic nitrogens is 2. The lowest BCUT2D eigenvalue weighted by Gasteiger charge is -2.07. The second-order valence-corrected chi connectivity index (χ2v) is 5.43. The van der Waals surface area contributed by atoms with Crippen molar-refractivity contribution >= 4 is 28.3 Å². The second kappa shape index (κ2) is 4.46. The van der Waals surface area contributed by atoms with Crippen LogP contribution in [0.4, 0.5) is 5.95 Å². The summed E-state index contributed by atoms with van der Waals surface area (Å²) in [6, 6.07) is 10.4. The lowest BCUT2D eigenvalue weighted by molar-refractivity contribution is 0.731. The molecule has 0 unspecified atom stereocenters. The minimum absolute atomic E-state index is 0.607. The average molecular weight is 257 g/mol. The van der Waals surface area contributed by atoms with Crippen LogP contribution < -0.4 is 5.73 Å². The quantitative estimate of drug-likeness (QED) is 0.783. The smallest absolute Gasteiger partial charge is 0.201 e. The Morgan fingerprint density at radius 2 is 2.17 bits per heavy atom. The van der Waals surface area contributed by atoms with Crippen molar-refractivity contribution < 1.29 is 0 Å². The molecule has 0 saturated heterocycles. The minimum atomic E-state index is 0.607. The first-order valence-electron chi connectivity index (χ1n) is 5.99. The number of fused-ring (bicyclic) bond motifs is 1. The van der Waals surface area contributed by atoms with Gasteiger partial charge in [-0.1, -0.05) is 18.2 Å². The molecule has 0 atom stereocenters. The molecule has 92 valence electrons. The van der Waals surface area contributed by atoms with E-state index in [1.165, 1.54) is 10.4 Å². The van der Waals surface area contributed by atoms with E-state index < -0.39 is 0 Å². The van der Waals surface area contributed by atoms with Gasteiger partial charge in [0, 0.05) is 11.4 Å². The van der Waals surface area contributed by atoms with Crippen LogP contribution in [0.5, 0.6) is 0 Å². The molecule has 0 fully saturated rings. The summed E-state index contributed by atoms with van der Waals surface area (Å²) in [6.45, 7) is 2.98. The summed E-state index contributed by atoms with van der Waals surface area (Å²) in [5, 5.41) is 2.11. The minimum Gasteiger partial charge on any atom is -0.369 e. The number of nitrogens with zero attached hydrogens (tertiary/aromatic N) is 2. The second-order valence-electron chi connectivity index (χ2n) is 4.39. The molecule has 0 aliphatic carbocycles. The first kappa shape index (κ1) is 11.3. The third-order valence-electron chi connectivity index (χ3n) is 3.16. The van der Waals surface area contributed by atoms with Crippen LogP contribution in [0, 0.1) is 6.92 Å². The van der Waals surface area contributed by atoms with E-state index in [0.29, 0.717) is 5.95 Å². The first-order valence-corrected chi connectivity index (χ1v) is 6.87. The maximum Gasteiger partial charge on any atom is 0.201 e. The normalized spacial score (nSPS) is 11.2. The van der Waals surface area contributed by atoms with Crippen molar-refractivity contribution in [1.29, 1.82) is 0 Å². The molecule has 0 saturated carbocycles. The summed E-state index contributed by atoms with van der Waals surface area (Å²) >= 11 is 1.79. The Morgan fingerprint density at radius 1 is 1.28 bits per heavy atom. The van der Waals surface area contributed by atoms with Crippen LogP contribution in [-0.2, 0) is 13.0 Å². The van der Waals surface area contributed by atoms with Crippen molar-refractivity contribution in [2.75, 3.05) is 5.73 Å². The SMILES string of the molecule is Cc1cccc2nc(N)n(CCc3cccs3)c12. The van der Waals surface area contributed by atoms with Gasteiger partial charge < -0.3 is 10.3 Å². The Morgan fingerprint density at radius 3 is 2.94 bits per heavy atom. The Kier molecular flexibility index (Phi) is 2.80. The summed E-state index contributed by atoms with van der Waals surface area (Å²) in [7, 11) is 0. The molecule has 0 spiro atoms. The molecule has 0 aliphatic rings. The van der Waals surface area contributed by atoms with Gasteiger partial charge >= 0.3 is 0 Å². The Hall–Kier alpha value is -1.81. The summed E-state index contributed by atoms with van der Waals surface area (Å²) < 4.78 is 2.12. The highest BCUT2D eigenvalue weighted by Gasteiger charge is 2.09. The largest absolute Gasteiger partial charge is 0.369 e. The molecule has 0 bridgehead atoms. The van der Waals surface area contributed by atoms with Crippen LogP contribution in [0.3, 0.4) is 0 Å². The van der Waals surface area contributed by atoms with Crippen molar-refractivity contribution in [1.82, 2.24) is 9.55 Å². The van der Waals surface area contributed by atoms with Gasteiger partial charge in [0.05, 0.1) is 11.0 Å². The standard InChI is InChI=1S/C14H15N3S/c1-10-4-2-6-12-13(10)17(14(15)16-12)8-7-11-5-3-9-18-11/h2-6,9H,7-8H2,1H3,(H2,15,16). The van der Waals surface area contributed by atoms with E-state index in [4.69, 9.17) is 5.73 Å². The zero-order valence-electron chi connectivity index (χ0n) is 10.3. The van der Waals surface area contributed by atoms with E-state index in [0.717, 1.165) is 24.0 Å². The van der Waals surface area contributed by atoms with Crippen molar-refractivity contribution in [3.63, 3.8) is 0 Å². The number of benzene rings is 1. The fourth-order valence-corrected chi connectivity index (χ4v) is 2.98. The van der Waals surface area contributed by atoms with E-state index in [1.807, 2.05) is 12.1 Å². The monoisotopic (exact) mass is 257 g/mol. The molecule has 3 nitrogen and oxygen atoms in total. The number of nitrogen functional groups attached to an aromatic ring is 1. The molecule has 1 aromatic carbocycles. The number of anilines is 1. The lowest BCUT2D eigenvalue weighted by Crippen LogP contribution is -2.05. The van der Waals surface area contributed by atoms with Crippen LogP contribution in [-0.4, -0.2) is 9.55 Å². The predicted molar refractivity (Wildman–Crippen MR) is 76.9 cm³/mol. The van der Waals surface area contributed by atoms with Crippen molar-refractivity contribution in [2.45, 2.75) is 19.9 Å². The molecule has 0 amide bonds. The first-order chi connectivity index (χ1) is 8.75. The van der Waals surface area contributed by atoms with E-state index in [9.17, 15) is 0 Å². The van der Waals surface area contributed by atoms with Gasteiger partial charge in [-0.3, -0.25) is 0 Å². The average Bonchev–Trinajstić information content (AvgIpc) is 2.94. The molecular formula is C14H15N3S. The molecule has 2 N–H and O–H groups in total. The molecule has 3 aromatic rings. The highest BCUT2D eigenvalue weighted by molar-refractivity contribution is 7.09. The van der Waals surface area contributed by atoms with E-state index in [1.54, 1.807) is 11.3 Å². The summed E-state index contributed by atoms with van der Waals surface area (Å²) in [5.41, 5.74) is 9.39. The van der Waals surface area contributed by atoms with Crippen LogP contribution in [0.25, 0.3) is 11.0 Å². The van der Waals surface area contributed by atoms with Crippen molar-refractivity contribution in [3.8, 4) is 0 Å². The van der Waals surface area contributed by atoms with Crippen LogP contribution in [0.2, 0.25) is 0 Å². The number of aryl methyl sites for hydroxylation is 3. The number of nitrogens with two attached hydrogens (primary N) is 1. The number of para-hydroxylation sites is 1. The zero-order chi connectivity index (χ0) is 12.5. The number of hydrogen-bond donors (Lipinski definition) is 1. The van der Waals surface area contributed by atoms with Gasteiger partial charge in [-0.15, -0.1) is 11.3 Å². The molecule has 18 heavy (non-hydrogen) atoms. The molecule has 0 aliphatic heterocycles. The highest BCUT2D eigenvalue weighted by Crippen LogP contribution is 2.22. The van der Waals surface area contributed by atoms with E-state index >= 15 is 0 Å². The van der Waals surface area contributed by atoms with E-state index in [-0.39, 0.29) is 0 Å². The number of hydrogen-bond acceptors (Lipinski definition) is 3. The summed E-state index contributed by atoms with van der Waals surface area (Å²) in [4.78, 5) is 5.80. The van der Waals surface area contributed by atoms with Gasteiger partial charge in [0.25, 0.3) is 0 Å². The molecule has 2 aromatic heterocycles. The highest BCUT2D eigenvalue weighted by atomic mass is 32.1. The molecular weight excluding hydrogens is 242 g/mol. The van der Waals surface area contributed by atoms with Crippen molar-refractivity contribution in [2.24, 2.45) is 0 Å². The predicted octanol–water partition coefficient (Wildman–Crippen LogP) is 3.23. The fourth-order valence-electron chi connectivity index (χ4n) is 2.29. The molecule has 0 radical (unpaired) electrons. The molecule has 4 heteroatoms. The summed E-state index contributed by atoms with van der Waals surface area (Å²) in [5.74, 6) is 0.607. The van der Waals surface area contributed by atoms with E-state index in [2.05, 4.69) is 40.1 Å². The Labute approximate surface area is 110 Å². The van der Waals surface area contributed by atoms with Gasteiger partial charge in [0.1, 0.15) is 0 Å². The van der Waals surface area contributed by atoms with Gasteiger partial charge in [-0.2, -0.15) is 0 Å². The maximum absolute atomic E-state index is 6.02. The number of rotatable bonds is 3. The van der Waals surface area contributed by atoms with Crippen LogP contribution in [0.1, 0.15) is 10.4 Å². The third-order valence-corrected chi connectivity index (χ3v) is 4.10. The van der Waals surface area contributed by atoms with Crippen LogP contribution in [0.15, 0.2) is 35.7 Å². The van der Waals surface area contributed by atoms with Crippen LogP contribution >= 0.6 is 11.3 Å². The number of imidazole rings is 1. The van der Waals surface area contributed by atoms with Crippen molar-refractivity contribution in [3.05, 3.63) is 46.2 Å². The topological polar surface area (TPSA) is 43.8 Å². The van der Waals surface area contributed by atoms with Gasteiger partial charge in [0.2, 0.25) is 5.95 Å². The number of thiophene rings is 1.